The van der Waals surface area contributed by atoms with Crippen molar-refractivity contribution in [3.8, 4) is 0 Å². The molecule has 0 aliphatic carbocycles. The van der Waals surface area contributed by atoms with E-state index in [-0.39, 0.29) is 17.5 Å². The van der Waals surface area contributed by atoms with Crippen molar-refractivity contribution in [2.45, 2.75) is 26.7 Å². The van der Waals surface area contributed by atoms with Crippen molar-refractivity contribution in [3.05, 3.63) is 11.4 Å². The van der Waals surface area contributed by atoms with E-state index < -0.39 is 0 Å². The number of amides is 2. The summed E-state index contributed by atoms with van der Waals surface area (Å²) in [6.07, 6.45) is 1.28. The number of aromatic amines is 1. The van der Waals surface area contributed by atoms with Gasteiger partial charge in [0.25, 0.3) is 5.91 Å². The molecule has 2 amide bonds. The van der Waals surface area contributed by atoms with Gasteiger partial charge in [0, 0.05) is 32.6 Å². The summed E-state index contributed by atoms with van der Waals surface area (Å²) in [5.41, 5.74) is 7.22. The molecule has 7 nitrogen and oxygen atoms in total. The Labute approximate surface area is 118 Å². The number of rotatable bonds is 2. The second-order valence-electron chi connectivity index (χ2n) is 4.99. The molecule has 1 aliphatic heterocycles. The van der Waals surface area contributed by atoms with Crippen molar-refractivity contribution in [2.75, 3.05) is 31.9 Å². The van der Waals surface area contributed by atoms with Crippen LogP contribution in [-0.4, -0.2) is 58.0 Å². The number of hydrogen-bond acceptors (Lipinski definition) is 4. The highest BCUT2D eigenvalue weighted by Crippen LogP contribution is 2.16. The summed E-state index contributed by atoms with van der Waals surface area (Å²) in [5, 5.41) is 6.69. The fraction of sp³-hybridized carbons (Fsp3) is 0.615. The van der Waals surface area contributed by atoms with Crippen molar-refractivity contribution in [2.24, 2.45) is 0 Å². The van der Waals surface area contributed by atoms with Gasteiger partial charge >= 0.3 is 0 Å². The molecule has 1 aliphatic rings. The normalized spacial score (nSPS) is 16.1. The van der Waals surface area contributed by atoms with Crippen LogP contribution in [0.4, 0.5) is 5.69 Å². The van der Waals surface area contributed by atoms with Crippen LogP contribution in [0.1, 0.15) is 35.9 Å². The Bertz CT molecular complexity index is 511. The standard InChI is InChI=1S/C13H21N5O2/c1-3-10(19)17-5-4-6-18(8-7-17)13(20)12-11(14)9(2)15-16-12/h3-8,14H2,1-2H3,(H,15,16). The molecule has 2 rings (SSSR count). The Morgan fingerprint density at radius 3 is 2.50 bits per heavy atom. The van der Waals surface area contributed by atoms with E-state index >= 15 is 0 Å². The zero-order valence-electron chi connectivity index (χ0n) is 12.0. The van der Waals surface area contributed by atoms with Gasteiger partial charge in [-0.25, -0.2) is 0 Å². The minimum absolute atomic E-state index is 0.134. The van der Waals surface area contributed by atoms with Crippen LogP contribution in [0.15, 0.2) is 0 Å². The Hall–Kier alpha value is -2.05. The molecule has 20 heavy (non-hydrogen) atoms. The molecule has 1 aromatic rings. The molecule has 0 aromatic carbocycles. The summed E-state index contributed by atoms with van der Waals surface area (Å²) in [6.45, 7) is 6.05. The number of nitrogens with two attached hydrogens (primary N) is 1. The minimum atomic E-state index is -0.169. The van der Waals surface area contributed by atoms with Gasteiger partial charge in [-0.1, -0.05) is 6.92 Å². The van der Waals surface area contributed by atoms with Gasteiger partial charge in [0.15, 0.2) is 5.69 Å². The van der Waals surface area contributed by atoms with Gasteiger partial charge in [0.05, 0.1) is 11.4 Å². The zero-order chi connectivity index (χ0) is 14.7. The summed E-state index contributed by atoms with van der Waals surface area (Å²) in [6, 6.07) is 0. The SMILES string of the molecule is CCC(=O)N1CCCN(C(=O)c2n[nH]c(C)c2N)CC1. The van der Waals surface area contributed by atoms with Crippen molar-refractivity contribution in [1.29, 1.82) is 0 Å². The van der Waals surface area contributed by atoms with Crippen LogP contribution in [0, 0.1) is 6.92 Å². The summed E-state index contributed by atoms with van der Waals surface area (Å²) in [7, 11) is 0. The summed E-state index contributed by atoms with van der Waals surface area (Å²) in [5.74, 6) is -0.0351. The molecule has 1 aromatic heterocycles. The van der Waals surface area contributed by atoms with E-state index in [1.807, 2.05) is 11.8 Å². The number of carbonyl (C=O) groups is 2. The maximum absolute atomic E-state index is 12.4. The number of nitrogens with zero attached hydrogens (tertiary/aromatic N) is 3. The average molecular weight is 279 g/mol. The van der Waals surface area contributed by atoms with Gasteiger partial charge in [-0.05, 0) is 13.3 Å². The number of anilines is 1. The predicted octanol–water partition coefficient (Wildman–Crippen LogP) is 0.385. The molecule has 0 spiro atoms. The van der Waals surface area contributed by atoms with E-state index in [0.717, 1.165) is 6.42 Å². The number of carbonyl (C=O) groups excluding carboxylic acids is 2. The van der Waals surface area contributed by atoms with Gasteiger partial charge in [0.1, 0.15) is 0 Å². The molecule has 0 unspecified atom stereocenters. The highest BCUT2D eigenvalue weighted by atomic mass is 16.2. The van der Waals surface area contributed by atoms with Crippen LogP contribution in [0.25, 0.3) is 0 Å². The van der Waals surface area contributed by atoms with Crippen LogP contribution < -0.4 is 5.73 Å². The van der Waals surface area contributed by atoms with E-state index in [9.17, 15) is 9.59 Å². The number of aryl methyl sites for hydroxylation is 1. The topological polar surface area (TPSA) is 95.3 Å². The zero-order valence-corrected chi connectivity index (χ0v) is 12.0. The number of nitrogen functional groups attached to an aromatic ring is 1. The fourth-order valence-corrected chi connectivity index (χ4v) is 2.34. The van der Waals surface area contributed by atoms with Gasteiger partial charge in [-0.2, -0.15) is 5.10 Å². The summed E-state index contributed by atoms with van der Waals surface area (Å²) in [4.78, 5) is 27.6. The number of nitrogens with one attached hydrogen (secondary N) is 1. The first-order valence-corrected chi connectivity index (χ1v) is 6.92. The van der Waals surface area contributed by atoms with Crippen LogP contribution in [0.5, 0.6) is 0 Å². The fourth-order valence-electron chi connectivity index (χ4n) is 2.34. The van der Waals surface area contributed by atoms with Crippen molar-refractivity contribution in [1.82, 2.24) is 20.0 Å². The maximum Gasteiger partial charge on any atom is 0.276 e. The van der Waals surface area contributed by atoms with Gasteiger partial charge in [0.2, 0.25) is 5.91 Å². The second kappa shape index (κ2) is 5.94. The Kier molecular flexibility index (Phi) is 4.26. The van der Waals surface area contributed by atoms with Crippen molar-refractivity contribution >= 4 is 17.5 Å². The van der Waals surface area contributed by atoms with Crippen molar-refractivity contribution in [3.63, 3.8) is 0 Å². The first-order valence-electron chi connectivity index (χ1n) is 6.92. The molecule has 0 saturated carbocycles. The van der Waals surface area contributed by atoms with Gasteiger partial charge in [-0.3, -0.25) is 14.7 Å². The average Bonchev–Trinajstić information content (AvgIpc) is 2.69. The molecular weight excluding hydrogens is 258 g/mol. The summed E-state index contributed by atoms with van der Waals surface area (Å²) >= 11 is 0. The van der Waals surface area contributed by atoms with E-state index in [1.54, 1.807) is 11.8 Å². The van der Waals surface area contributed by atoms with Gasteiger partial charge < -0.3 is 15.5 Å². The minimum Gasteiger partial charge on any atom is -0.395 e. The number of aromatic nitrogens is 2. The quantitative estimate of drug-likeness (QED) is 0.818. The maximum atomic E-state index is 12.4. The Balaban J connectivity index is 2.05. The molecule has 1 saturated heterocycles. The molecule has 2 heterocycles. The first-order chi connectivity index (χ1) is 9.54. The molecule has 110 valence electrons. The lowest BCUT2D eigenvalue weighted by Crippen LogP contribution is -2.37. The monoisotopic (exact) mass is 279 g/mol. The third kappa shape index (κ3) is 2.76. The number of hydrogen-bond donors (Lipinski definition) is 2. The highest BCUT2D eigenvalue weighted by molar-refractivity contribution is 5.97. The third-order valence-electron chi connectivity index (χ3n) is 3.64. The van der Waals surface area contributed by atoms with E-state index in [0.29, 0.717) is 44.0 Å². The molecular formula is C13H21N5O2. The molecule has 0 bridgehead atoms. The van der Waals surface area contributed by atoms with Gasteiger partial charge in [-0.15, -0.1) is 0 Å². The van der Waals surface area contributed by atoms with E-state index in [4.69, 9.17) is 5.73 Å². The van der Waals surface area contributed by atoms with Crippen LogP contribution >= 0.6 is 0 Å². The number of H-pyrrole nitrogens is 1. The molecule has 7 heteroatoms. The first kappa shape index (κ1) is 14.4. The second-order valence-corrected chi connectivity index (χ2v) is 4.99. The molecule has 3 N–H and O–H groups in total. The van der Waals surface area contributed by atoms with E-state index in [2.05, 4.69) is 10.2 Å². The van der Waals surface area contributed by atoms with E-state index in [1.165, 1.54) is 0 Å². The summed E-state index contributed by atoms with van der Waals surface area (Å²) < 4.78 is 0. The van der Waals surface area contributed by atoms with Crippen molar-refractivity contribution < 1.29 is 9.59 Å². The highest BCUT2D eigenvalue weighted by Gasteiger charge is 2.25. The lowest BCUT2D eigenvalue weighted by molar-refractivity contribution is -0.130. The smallest absolute Gasteiger partial charge is 0.276 e. The molecule has 0 atom stereocenters. The Morgan fingerprint density at radius 2 is 1.90 bits per heavy atom. The van der Waals surface area contributed by atoms with Crippen LogP contribution in [0.2, 0.25) is 0 Å². The lowest BCUT2D eigenvalue weighted by Gasteiger charge is -2.21. The largest absolute Gasteiger partial charge is 0.395 e. The van der Waals surface area contributed by atoms with Crippen LogP contribution in [0.3, 0.4) is 0 Å². The lowest BCUT2D eigenvalue weighted by atomic mass is 10.2. The van der Waals surface area contributed by atoms with Crippen LogP contribution in [-0.2, 0) is 4.79 Å². The Morgan fingerprint density at radius 1 is 1.25 bits per heavy atom. The molecule has 0 radical (unpaired) electrons. The predicted molar refractivity (Wildman–Crippen MR) is 75.1 cm³/mol. The molecule has 1 fully saturated rings. The third-order valence-corrected chi connectivity index (χ3v) is 3.64.